The van der Waals surface area contributed by atoms with Crippen LogP contribution in [0.2, 0.25) is 0 Å². The number of hydrogen-bond acceptors (Lipinski definition) is 3. The van der Waals surface area contributed by atoms with Crippen LogP contribution in [0.25, 0.3) is 10.9 Å². The number of thioether (sulfide) groups is 1. The van der Waals surface area contributed by atoms with Crippen molar-refractivity contribution in [3.8, 4) is 0 Å². The number of benzene rings is 2. The molecule has 0 fully saturated rings. The molecule has 134 valence electrons. The molecule has 0 atom stereocenters. The zero-order valence-corrected chi connectivity index (χ0v) is 16.3. The zero-order valence-electron chi connectivity index (χ0n) is 15.5. The Morgan fingerprint density at radius 1 is 1.00 bits per heavy atom. The Bertz CT molecular complexity index is 916. The summed E-state index contributed by atoms with van der Waals surface area (Å²) in [5.41, 5.74) is 5.41. The number of pyridine rings is 1. The maximum atomic E-state index is 12.2. The minimum absolute atomic E-state index is 0.0747. The van der Waals surface area contributed by atoms with Gasteiger partial charge in [-0.25, -0.2) is 4.98 Å². The summed E-state index contributed by atoms with van der Waals surface area (Å²) in [6.07, 6.45) is 1.35. The molecular formula is C22H24N2OS. The lowest BCUT2D eigenvalue weighted by molar-refractivity contribution is -0.116. The molecule has 0 spiro atoms. The zero-order chi connectivity index (χ0) is 18.5. The van der Waals surface area contributed by atoms with Gasteiger partial charge in [0.25, 0.3) is 0 Å². The number of para-hydroxylation sites is 2. The van der Waals surface area contributed by atoms with Gasteiger partial charge in [-0.05, 0) is 61.8 Å². The van der Waals surface area contributed by atoms with Crippen LogP contribution in [-0.4, -0.2) is 16.6 Å². The second kappa shape index (κ2) is 8.37. The third-order valence-corrected chi connectivity index (χ3v) is 5.44. The maximum Gasteiger partial charge on any atom is 0.224 e. The Labute approximate surface area is 159 Å². The van der Waals surface area contributed by atoms with E-state index in [1.165, 1.54) is 10.9 Å². The SMILES string of the molecule is Cc1cccc(C)c1NC(=O)CCCSc1cc(C)c2ccccc2n1. The summed E-state index contributed by atoms with van der Waals surface area (Å²) >= 11 is 1.71. The molecule has 0 unspecified atom stereocenters. The predicted octanol–water partition coefficient (Wildman–Crippen LogP) is 5.67. The van der Waals surface area contributed by atoms with Gasteiger partial charge in [0.15, 0.2) is 0 Å². The van der Waals surface area contributed by atoms with Crippen LogP contribution in [0.5, 0.6) is 0 Å². The molecular weight excluding hydrogens is 340 g/mol. The second-order valence-corrected chi connectivity index (χ2v) is 7.68. The summed E-state index contributed by atoms with van der Waals surface area (Å²) in [7, 11) is 0. The fourth-order valence-corrected chi connectivity index (χ4v) is 3.94. The first-order valence-corrected chi connectivity index (χ1v) is 9.88. The number of aromatic nitrogens is 1. The number of carbonyl (C=O) groups excluding carboxylic acids is 1. The minimum atomic E-state index is 0.0747. The second-order valence-electron chi connectivity index (χ2n) is 6.56. The van der Waals surface area contributed by atoms with Gasteiger partial charge in [0, 0.05) is 17.5 Å². The Kier molecular flexibility index (Phi) is 5.94. The van der Waals surface area contributed by atoms with Crippen LogP contribution in [0.1, 0.15) is 29.5 Å². The van der Waals surface area contributed by atoms with Gasteiger partial charge in [0.1, 0.15) is 0 Å². The Hall–Kier alpha value is -2.33. The quantitative estimate of drug-likeness (QED) is 0.452. The molecule has 1 amide bonds. The lowest BCUT2D eigenvalue weighted by Gasteiger charge is -2.11. The number of amides is 1. The van der Waals surface area contributed by atoms with Crippen molar-refractivity contribution < 1.29 is 4.79 Å². The highest BCUT2D eigenvalue weighted by Crippen LogP contribution is 2.24. The van der Waals surface area contributed by atoms with E-state index in [1.54, 1.807) is 11.8 Å². The van der Waals surface area contributed by atoms with E-state index < -0.39 is 0 Å². The molecule has 0 aliphatic carbocycles. The third-order valence-electron chi connectivity index (χ3n) is 4.44. The average Bonchev–Trinajstić information content (AvgIpc) is 2.62. The first-order valence-electron chi connectivity index (χ1n) is 8.90. The van der Waals surface area contributed by atoms with E-state index in [0.29, 0.717) is 6.42 Å². The number of nitrogens with zero attached hydrogens (tertiary/aromatic N) is 1. The van der Waals surface area contributed by atoms with Crippen LogP contribution in [0.3, 0.4) is 0 Å². The molecule has 4 heteroatoms. The van der Waals surface area contributed by atoms with Crippen LogP contribution in [0.15, 0.2) is 53.6 Å². The summed E-state index contributed by atoms with van der Waals surface area (Å²) in [4.78, 5) is 16.9. The molecule has 0 radical (unpaired) electrons. The molecule has 2 aromatic carbocycles. The molecule has 3 rings (SSSR count). The molecule has 0 aliphatic heterocycles. The first-order chi connectivity index (χ1) is 12.5. The van der Waals surface area contributed by atoms with Crippen molar-refractivity contribution in [3.05, 3.63) is 65.2 Å². The fraction of sp³-hybridized carbons (Fsp3) is 0.273. The van der Waals surface area contributed by atoms with Gasteiger partial charge in [0.2, 0.25) is 5.91 Å². The first kappa shape index (κ1) is 18.5. The highest BCUT2D eigenvalue weighted by Gasteiger charge is 2.08. The number of hydrogen-bond donors (Lipinski definition) is 1. The van der Waals surface area contributed by atoms with Crippen LogP contribution in [0, 0.1) is 20.8 Å². The molecule has 3 nitrogen and oxygen atoms in total. The van der Waals surface area contributed by atoms with Gasteiger partial charge in [-0.15, -0.1) is 11.8 Å². The normalized spacial score (nSPS) is 10.9. The van der Waals surface area contributed by atoms with Crippen molar-refractivity contribution in [2.24, 2.45) is 0 Å². The summed E-state index contributed by atoms with van der Waals surface area (Å²) in [6, 6.07) is 16.4. The number of anilines is 1. The van der Waals surface area contributed by atoms with Gasteiger partial charge in [-0.1, -0.05) is 36.4 Å². The van der Waals surface area contributed by atoms with Gasteiger partial charge in [0.05, 0.1) is 10.5 Å². The highest BCUT2D eigenvalue weighted by atomic mass is 32.2. The number of rotatable bonds is 6. The number of nitrogens with one attached hydrogen (secondary N) is 1. The molecule has 26 heavy (non-hydrogen) atoms. The molecule has 1 heterocycles. The summed E-state index contributed by atoms with van der Waals surface area (Å²) in [5.74, 6) is 0.955. The van der Waals surface area contributed by atoms with Crippen molar-refractivity contribution >= 4 is 34.3 Å². The van der Waals surface area contributed by atoms with E-state index in [-0.39, 0.29) is 5.91 Å². The van der Waals surface area contributed by atoms with E-state index in [4.69, 9.17) is 4.98 Å². The van der Waals surface area contributed by atoms with Crippen molar-refractivity contribution in [1.82, 2.24) is 4.98 Å². The molecule has 0 saturated heterocycles. The summed E-state index contributed by atoms with van der Waals surface area (Å²) < 4.78 is 0. The largest absolute Gasteiger partial charge is 0.326 e. The van der Waals surface area contributed by atoms with Crippen molar-refractivity contribution in [2.75, 3.05) is 11.1 Å². The smallest absolute Gasteiger partial charge is 0.224 e. The van der Waals surface area contributed by atoms with Crippen molar-refractivity contribution in [2.45, 2.75) is 38.6 Å². The lowest BCUT2D eigenvalue weighted by atomic mass is 10.1. The van der Waals surface area contributed by atoms with Crippen LogP contribution < -0.4 is 5.32 Å². The summed E-state index contributed by atoms with van der Waals surface area (Å²) in [6.45, 7) is 6.16. The molecule has 1 N–H and O–H groups in total. The molecule has 1 aromatic heterocycles. The van der Waals surface area contributed by atoms with Crippen molar-refractivity contribution in [3.63, 3.8) is 0 Å². The van der Waals surface area contributed by atoms with E-state index in [0.717, 1.165) is 39.5 Å². The van der Waals surface area contributed by atoms with Crippen LogP contribution >= 0.6 is 11.8 Å². The molecule has 0 bridgehead atoms. The fourth-order valence-electron chi connectivity index (χ4n) is 3.02. The molecule has 3 aromatic rings. The van der Waals surface area contributed by atoms with Crippen LogP contribution in [0.4, 0.5) is 5.69 Å². The van der Waals surface area contributed by atoms with Crippen LogP contribution in [-0.2, 0) is 4.79 Å². The highest BCUT2D eigenvalue weighted by molar-refractivity contribution is 7.99. The van der Waals surface area contributed by atoms with Crippen molar-refractivity contribution in [1.29, 1.82) is 0 Å². The number of aryl methyl sites for hydroxylation is 3. The monoisotopic (exact) mass is 364 g/mol. The lowest BCUT2D eigenvalue weighted by Crippen LogP contribution is -2.13. The Balaban J connectivity index is 1.52. The molecule has 0 aliphatic rings. The average molecular weight is 365 g/mol. The Morgan fingerprint density at radius 3 is 2.50 bits per heavy atom. The van der Waals surface area contributed by atoms with Gasteiger partial charge in [-0.3, -0.25) is 4.79 Å². The number of fused-ring (bicyclic) bond motifs is 1. The Morgan fingerprint density at radius 2 is 1.73 bits per heavy atom. The van der Waals surface area contributed by atoms with E-state index in [2.05, 4.69) is 24.4 Å². The van der Waals surface area contributed by atoms with E-state index in [9.17, 15) is 4.79 Å². The van der Waals surface area contributed by atoms with E-state index >= 15 is 0 Å². The third kappa shape index (κ3) is 4.44. The van der Waals surface area contributed by atoms with E-state index in [1.807, 2.05) is 50.2 Å². The van der Waals surface area contributed by atoms with Gasteiger partial charge >= 0.3 is 0 Å². The minimum Gasteiger partial charge on any atom is -0.326 e. The maximum absolute atomic E-state index is 12.2. The molecule has 0 saturated carbocycles. The number of carbonyl (C=O) groups is 1. The topological polar surface area (TPSA) is 42.0 Å². The van der Waals surface area contributed by atoms with Gasteiger partial charge in [-0.2, -0.15) is 0 Å². The van der Waals surface area contributed by atoms with Gasteiger partial charge < -0.3 is 5.32 Å². The summed E-state index contributed by atoms with van der Waals surface area (Å²) in [5, 5.41) is 5.27. The predicted molar refractivity (Wildman–Crippen MR) is 111 cm³/mol. The standard InChI is InChI=1S/C22H24N2OS/c1-15-8-6-9-16(2)22(15)24-20(25)12-7-13-26-21-14-17(3)18-10-4-5-11-19(18)23-21/h4-6,8-11,14H,7,12-13H2,1-3H3,(H,24,25).